The molecule has 1 saturated carbocycles. The van der Waals surface area contributed by atoms with Gasteiger partial charge in [0.2, 0.25) is 0 Å². The van der Waals surface area contributed by atoms with Crippen LogP contribution in [-0.2, 0) is 9.53 Å². The van der Waals surface area contributed by atoms with Crippen LogP contribution in [0.2, 0.25) is 0 Å². The standard InChI is InChI=1S/C28H39NO3/c30-27(24-11-17-31-18-12-24)20-22-6-4-21(5-7-22)8-14-29-15-9-23(10-16-29)25-2-1-3-28-26(25)13-19-32-28/h1-3,13,19,21-24H,4-12,14-18,20H2. The molecule has 0 bridgehead atoms. The zero-order chi connectivity index (χ0) is 21.8. The molecule has 0 N–H and O–H groups in total. The fraction of sp³-hybridized carbons (Fsp3) is 0.679. The number of furan rings is 1. The highest BCUT2D eigenvalue weighted by Crippen LogP contribution is 2.36. The van der Waals surface area contributed by atoms with Crippen molar-refractivity contribution < 1.29 is 13.9 Å². The maximum atomic E-state index is 12.6. The van der Waals surface area contributed by atoms with E-state index in [1.165, 1.54) is 75.5 Å². The van der Waals surface area contributed by atoms with Gasteiger partial charge in [-0.15, -0.1) is 0 Å². The molecule has 1 aliphatic carbocycles. The molecule has 5 rings (SSSR count). The SMILES string of the molecule is O=C(CC1CCC(CCN2CCC(c3cccc4occc34)CC2)CC1)C1CCOCC1. The number of benzene rings is 1. The van der Waals surface area contributed by atoms with Crippen LogP contribution < -0.4 is 0 Å². The van der Waals surface area contributed by atoms with E-state index in [-0.39, 0.29) is 5.92 Å². The van der Waals surface area contributed by atoms with Crippen LogP contribution in [0.1, 0.15) is 75.7 Å². The van der Waals surface area contributed by atoms with E-state index in [2.05, 4.69) is 29.2 Å². The quantitative estimate of drug-likeness (QED) is 0.518. The Balaban J connectivity index is 1.01. The number of ketones is 1. The van der Waals surface area contributed by atoms with Gasteiger partial charge in [0.15, 0.2) is 0 Å². The van der Waals surface area contributed by atoms with Crippen LogP contribution in [0.3, 0.4) is 0 Å². The Bertz CT molecular complexity index is 868. The first-order chi connectivity index (χ1) is 15.8. The normalized spacial score (nSPS) is 26.5. The summed E-state index contributed by atoms with van der Waals surface area (Å²) < 4.78 is 11.0. The lowest BCUT2D eigenvalue weighted by molar-refractivity contribution is -0.126. The van der Waals surface area contributed by atoms with Gasteiger partial charge in [-0.25, -0.2) is 0 Å². The van der Waals surface area contributed by atoms with Crippen LogP contribution in [0.25, 0.3) is 11.0 Å². The molecule has 0 spiro atoms. The van der Waals surface area contributed by atoms with Gasteiger partial charge in [-0.3, -0.25) is 4.79 Å². The minimum absolute atomic E-state index is 0.282. The first-order valence-corrected chi connectivity index (χ1v) is 13.0. The third-order valence-corrected chi connectivity index (χ3v) is 8.54. The molecular weight excluding hydrogens is 398 g/mol. The summed E-state index contributed by atoms with van der Waals surface area (Å²) in [4.78, 5) is 15.3. The van der Waals surface area contributed by atoms with E-state index >= 15 is 0 Å². The van der Waals surface area contributed by atoms with Gasteiger partial charge in [0.1, 0.15) is 11.4 Å². The second-order valence-corrected chi connectivity index (χ2v) is 10.5. The molecule has 0 amide bonds. The van der Waals surface area contributed by atoms with E-state index in [9.17, 15) is 4.79 Å². The summed E-state index contributed by atoms with van der Waals surface area (Å²) in [7, 11) is 0. The average Bonchev–Trinajstić information content (AvgIpc) is 3.34. The van der Waals surface area contributed by atoms with Gasteiger partial charge in [0, 0.05) is 30.9 Å². The number of ether oxygens (including phenoxy) is 1. The first-order valence-electron chi connectivity index (χ1n) is 13.0. The molecule has 0 radical (unpaired) electrons. The molecular formula is C28H39NO3. The van der Waals surface area contributed by atoms with Crippen LogP contribution in [-0.4, -0.2) is 43.5 Å². The smallest absolute Gasteiger partial charge is 0.136 e. The number of hydrogen-bond acceptors (Lipinski definition) is 4. The van der Waals surface area contributed by atoms with Gasteiger partial charge < -0.3 is 14.1 Å². The van der Waals surface area contributed by atoms with Crippen LogP contribution in [0, 0.1) is 17.8 Å². The number of piperidine rings is 1. The molecule has 4 heteroatoms. The molecule has 1 aromatic heterocycles. The summed E-state index contributed by atoms with van der Waals surface area (Å²) in [5, 5.41) is 1.30. The van der Waals surface area contributed by atoms with E-state index in [1.807, 2.05) is 6.26 Å². The highest BCUT2D eigenvalue weighted by Gasteiger charge is 2.28. The van der Waals surface area contributed by atoms with E-state index in [0.717, 1.165) is 44.0 Å². The number of nitrogens with zero attached hydrogens (tertiary/aromatic N) is 1. The molecule has 3 aliphatic rings. The van der Waals surface area contributed by atoms with Crippen molar-refractivity contribution in [2.24, 2.45) is 17.8 Å². The lowest BCUT2D eigenvalue weighted by Gasteiger charge is -2.34. The first kappa shape index (κ1) is 22.2. The lowest BCUT2D eigenvalue weighted by Crippen LogP contribution is -2.35. The summed E-state index contributed by atoms with van der Waals surface area (Å²) >= 11 is 0. The van der Waals surface area contributed by atoms with Gasteiger partial charge >= 0.3 is 0 Å². The van der Waals surface area contributed by atoms with E-state index in [4.69, 9.17) is 9.15 Å². The predicted molar refractivity (Wildman–Crippen MR) is 128 cm³/mol. The highest BCUT2D eigenvalue weighted by molar-refractivity contribution is 5.82. The van der Waals surface area contributed by atoms with E-state index < -0.39 is 0 Å². The molecule has 3 fully saturated rings. The molecule has 2 aromatic rings. The second-order valence-electron chi connectivity index (χ2n) is 10.5. The average molecular weight is 438 g/mol. The molecule has 2 saturated heterocycles. The Kier molecular flexibility index (Phi) is 7.29. The zero-order valence-electron chi connectivity index (χ0n) is 19.5. The van der Waals surface area contributed by atoms with Gasteiger partial charge in [-0.2, -0.15) is 0 Å². The number of likely N-dealkylation sites (tertiary alicyclic amines) is 1. The Morgan fingerprint density at radius 3 is 2.44 bits per heavy atom. The molecule has 174 valence electrons. The van der Waals surface area contributed by atoms with Crippen molar-refractivity contribution in [2.75, 3.05) is 32.8 Å². The number of carbonyl (C=O) groups excluding carboxylic acids is 1. The number of rotatable bonds is 7. The molecule has 4 nitrogen and oxygen atoms in total. The number of carbonyl (C=O) groups is 1. The number of fused-ring (bicyclic) bond motifs is 1. The van der Waals surface area contributed by atoms with Crippen molar-refractivity contribution in [3.05, 3.63) is 36.1 Å². The molecule has 0 atom stereocenters. The van der Waals surface area contributed by atoms with Crippen LogP contribution in [0.15, 0.2) is 34.9 Å². The Morgan fingerprint density at radius 2 is 1.66 bits per heavy atom. The fourth-order valence-electron chi connectivity index (χ4n) is 6.40. The van der Waals surface area contributed by atoms with Gasteiger partial charge in [0.25, 0.3) is 0 Å². The van der Waals surface area contributed by atoms with Crippen molar-refractivity contribution in [1.82, 2.24) is 4.90 Å². The maximum absolute atomic E-state index is 12.6. The summed E-state index contributed by atoms with van der Waals surface area (Å²) in [5.41, 5.74) is 2.50. The number of Topliss-reactive ketones (excluding diaryl/α,β-unsaturated/α-hetero) is 1. The van der Waals surface area contributed by atoms with Gasteiger partial charge in [0.05, 0.1) is 6.26 Å². The van der Waals surface area contributed by atoms with Crippen LogP contribution in [0.4, 0.5) is 0 Å². The Morgan fingerprint density at radius 1 is 0.906 bits per heavy atom. The molecule has 3 heterocycles. The third-order valence-electron chi connectivity index (χ3n) is 8.54. The van der Waals surface area contributed by atoms with Crippen LogP contribution >= 0.6 is 0 Å². The highest BCUT2D eigenvalue weighted by atomic mass is 16.5. The largest absolute Gasteiger partial charge is 0.464 e. The van der Waals surface area contributed by atoms with Crippen LogP contribution in [0.5, 0.6) is 0 Å². The predicted octanol–water partition coefficient (Wildman–Crippen LogP) is 6.19. The van der Waals surface area contributed by atoms with E-state index in [1.54, 1.807) is 0 Å². The van der Waals surface area contributed by atoms with Crippen molar-refractivity contribution in [2.45, 2.75) is 70.1 Å². The van der Waals surface area contributed by atoms with Gasteiger partial charge in [-0.1, -0.05) is 25.0 Å². The Labute approximate surface area is 192 Å². The molecule has 2 aliphatic heterocycles. The monoisotopic (exact) mass is 437 g/mol. The molecule has 1 aromatic carbocycles. The third kappa shape index (κ3) is 5.28. The maximum Gasteiger partial charge on any atom is 0.136 e. The topological polar surface area (TPSA) is 42.7 Å². The number of hydrogen-bond donors (Lipinski definition) is 0. The summed E-state index contributed by atoms with van der Waals surface area (Å²) in [6, 6.07) is 8.64. The summed E-state index contributed by atoms with van der Waals surface area (Å²) in [6.45, 7) is 5.24. The van der Waals surface area contributed by atoms with Gasteiger partial charge in [-0.05, 0) is 100 Å². The fourth-order valence-corrected chi connectivity index (χ4v) is 6.40. The van der Waals surface area contributed by atoms with Crippen molar-refractivity contribution in [1.29, 1.82) is 0 Å². The minimum atomic E-state index is 0.282. The lowest BCUT2D eigenvalue weighted by atomic mass is 9.77. The van der Waals surface area contributed by atoms with Crippen molar-refractivity contribution in [3.8, 4) is 0 Å². The second kappa shape index (κ2) is 10.5. The summed E-state index contributed by atoms with van der Waals surface area (Å²) in [5.74, 6) is 2.97. The van der Waals surface area contributed by atoms with Crippen molar-refractivity contribution in [3.63, 3.8) is 0 Å². The summed E-state index contributed by atoms with van der Waals surface area (Å²) in [6.07, 6.45) is 13.6. The molecule has 32 heavy (non-hydrogen) atoms. The van der Waals surface area contributed by atoms with E-state index in [0.29, 0.717) is 17.6 Å². The van der Waals surface area contributed by atoms with Crippen molar-refractivity contribution >= 4 is 16.8 Å². The Hall–Kier alpha value is -1.65. The zero-order valence-corrected chi connectivity index (χ0v) is 19.5. The molecule has 0 unspecified atom stereocenters. The minimum Gasteiger partial charge on any atom is -0.464 e.